The van der Waals surface area contributed by atoms with Crippen LogP contribution in [-0.4, -0.2) is 53.9 Å². The van der Waals surface area contributed by atoms with E-state index in [1.54, 1.807) is 0 Å². The van der Waals surface area contributed by atoms with Crippen LogP contribution in [0.4, 0.5) is 0 Å². The summed E-state index contributed by atoms with van der Waals surface area (Å²) >= 11 is 1.28. The van der Waals surface area contributed by atoms with Gasteiger partial charge in [-0.15, -0.1) is 0 Å². The highest BCUT2D eigenvalue weighted by atomic mass is 32.2. The largest absolute Gasteiger partial charge is 0.480 e. The van der Waals surface area contributed by atoms with Gasteiger partial charge in [-0.05, 0) is 53.4 Å². The molecule has 0 saturated carbocycles. The molecule has 3 N–H and O–H groups in total. The molecule has 0 aliphatic rings. The maximum Gasteiger partial charge on any atom is 0.322 e. The normalized spacial score (nSPS) is 13.8. The SMILES string of the molecule is CC(C)=CCC/C(C)=C/CC/C(C)=C/CSC[C@H](NS(=O)(=O)CC(=O)O)C(=O)O. The lowest BCUT2D eigenvalue weighted by molar-refractivity contribution is -0.138. The van der Waals surface area contributed by atoms with Crippen molar-refractivity contribution in [3.05, 3.63) is 34.9 Å². The van der Waals surface area contributed by atoms with Crippen LogP contribution in [0.1, 0.15) is 53.4 Å². The fraction of sp³-hybridized carbons (Fsp3) is 0.600. The molecule has 0 aliphatic heterocycles. The maximum atomic E-state index is 11.6. The molecule has 9 heteroatoms. The summed E-state index contributed by atoms with van der Waals surface area (Å²) in [6, 6.07) is -1.36. The van der Waals surface area contributed by atoms with E-state index in [2.05, 4.69) is 32.9 Å². The van der Waals surface area contributed by atoms with Gasteiger partial charge in [-0.2, -0.15) is 16.5 Å². The zero-order valence-corrected chi connectivity index (χ0v) is 19.2. The molecule has 0 aromatic carbocycles. The van der Waals surface area contributed by atoms with E-state index in [1.807, 2.05) is 17.7 Å². The Morgan fingerprint density at radius 3 is 2.03 bits per heavy atom. The van der Waals surface area contributed by atoms with Gasteiger partial charge in [0.1, 0.15) is 6.04 Å². The second-order valence-electron chi connectivity index (χ2n) is 7.16. The molecule has 0 bridgehead atoms. The summed E-state index contributed by atoms with van der Waals surface area (Å²) in [7, 11) is -4.18. The van der Waals surface area contributed by atoms with Crippen molar-refractivity contribution in [3.63, 3.8) is 0 Å². The van der Waals surface area contributed by atoms with Crippen LogP contribution < -0.4 is 4.72 Å². The molecule has 0 amide bonds. The Balaban J connectivity index is 4.35. The number of aliphatic carboxylic acids is 2. The molecule has 0 unspecified atom stereocenters. The molecule has 0 radical (unpaired) electrons. The molecule has 0 fully saturated rings. The average molecular weight is 448 g/mol. The Hall–Kier alpha value is -1.58. The summed E-state index contributed by atoms with van der Waals surface area (Å²) in [5, 5.41) is 17.7. The van der Waals surface area contributed by atoms with Crippen molar-refractivity contribution in [3.8, 4) is 0 Å². The summed E-state index contributed by atoms with van der Waals surface area (Å²) < 4.78 is 25.1. The van der Waals surface area contributed by atoms with Gasteiger partial charge in [0.2, 0.25) is 10.0 Å². The molecule has 166 valence electrons. The van der Waals surface area contributed by atoms with Crippen LogP contribution in [0.15, 0.2) is 34.9 Å². The third-order valence-corrected chi connectivity index (χ3v) is 6.13. The number of carbonyl (C=O) groups is 2. The van der Waals surface area contributed by atoms with Crippen molar-refractivity contribution in [1.82, 2.24) is 4.72 Å². The van der Waals surface area contributed by atoms with Gasteiger partial charge in [0.15, 0.2) is 5.75 Å². The Morgan fingerprint density at radius 2 is 1.52 bits per heavy atom. The van der Waals surface area contributed by atoms with Gasteiger partial charge in [0.05, 0.1) is 0 Å². The predicted octanol–water partition coefficient (Wildman–Crippen LogP) is 3.60. The quantitative estimate of drug-likeness (QED) is 0.259. The van der Waals surface area contributed by atoms with Gasteiger partial charge in [-0.1, -0.05) is 34.9 Å². The summed E-state index contributed by atoms with van der Waals surface area (Å²) in [6.45, 7) is 8.33. The van der Waals surface area contributed by atoms with Crippen molar-refractivity contribution < 1.29 is 28.2 Å². The van der Waals surface area contributed by atoms with Gasteiger partial charge < -0.3 is 10.2 Å². The minimum Gasteiger partial charge on any atom is -0.480 e. The number of hydrogen-bond donors (Lipinski definition) is 3. The van der Waals surface area contributed by atoms with Crippen LogP contribution in [0, 0.1) is 0 Å². The third kappa shape index (κ3) is 16.0. The highest BCUT2D eigenvalue weighted by Gasteiger charge is 2.25. The number of thioether (sulfide) groups is 1. The van der Waals surface area contributed by atoms with E-state index < -0.39 is 33.8 Å². The van der Waals surface area contributed by atoms with Crippen molar-refractivity contribution in [2.45, 2.75) is 59.4 Å². The van der Waals surface area contributed by atoms with E-state index in [0.29, 0.717) is 5.75 Å². The van der Waals surface area contributed by atoms with Crippen molar-refractivity contribution in [2.24, 2.45) is 0 Å². The molecular formula is C20H33NO6S2. The lowest BCUT2D eigenvalue weighted by Crippen LogP contribution is -2.44. The number of rotatable bonds is 15. The first-order valence-electron chi connectivity index (χ1n) is 9.40. The molecule has 0 aromatic heterocycles. The lowest BCUT2D eigenvalue weighted by atomic mass is 10.1. The minimum absolute atomic E-state index is 0.0152. The first kappa shape index (κ1) is 27.4. The molecule has 0 spiro atoms. The second kappa shape index (κ2) is 14.4. The maximum absolute atomic E-state index is 11.6. The monoisotopic (exact) mass is 447 g/mol. The van der Waals surface area contributed by atoms with E-state index in [1.165, 1.54) is 28.5 Å². The summed E-state index contributed by atoms with van der Waals surface area (Å²) in [5.41, 5.74) is 3.88. The topological polar surface area (TPSA) is 121 Å². The number of carboxylic acids is 2. The van der Waals surface area contributed by atoms with Crippen LogP contribution in [0.25, 0.3) is 0 Å². The molecule has 29 heavy (non-hydrogen) atoms. The number of hydrogen-bond acceptors (Lipinski definition) is 5. The molecule has 1 atom stereocenters. The average Bonchev–Trinajstić information content (AvgIpc) is 2.55. The number of carboxylic acid groups (broad SMARTS) is 2. The van der Waals surface area contributed by atoms with Crippen LogP contribution in [-0.2, 0) is 19.6 Å². The van der Waals surface area contributed by atoms with E-state index in [0.717, 1.165) is 25.7 Å². The third-order valence-electron chi connectivity index (χ3n) is 3.89. The van der Waals surface area contributed by atoms with Gasteiger partial charge in [-0.25, -0.2) is 8.42 Å². The van der Waals surface area contributed by atoms with Gasteiger partial charge in [0, 0.05) is 11.5 Å². The standard InChI is InChI=1S/C20H33NO6S2/c1-15(2)7-5-8-16(3)9-6-10-17(4)11-12-28-13-18(20(24)25)21-29(26,27)14-19(22)23/h7,9,11,18,21H,5-6,8,10,12-14H2,1-4H3,(H,22,23)(H,24,25)/b16-9+,17-11+/t18-/m0/s1. The fourth-order valence-electron chi connectivity index (χ4n) is 2.30. The number of nitrogens with one attached hydrogen (secondary N) is 1. The van der Waals surface area contributed by atoms with Gasteiger partial charge in [-0.3, -0.25) is 9.59 Å². The first-order valence-corrected chi connectivity index (χ1v) is 12.2. The van der Waals surface area contributed by atoms with Crippen molar-refractivity contribution in [1.29, 1.82) is 0 Å². The van der Waals surface area contributed by atoms with Crippen LogP contribution in [0.2, 0.25) is 0 Å². The predicted molar refractivity (Wildman–Crippen MR) is 119 cm³/mol. The van der Waals surface area contributed by atoms with E-state index in [9.17, 15) is 18.0 Å². The summed E-state index contributed by atoms with van der Waals surface area (Å²) in [4.78, 5) is 21.7. The molecule has 0 saturated heterocycles. The molecular weight excluding hydrogens is 414 g/mol. The zero-order valence-electron chi connectivity index (χ0n) is 17.6. The number of allylic oxidation sites excluding steroid dienone is 5. The van der Waals surface area contributed by atoms with Crippen LogP contribution in [0.5, 0.6) is 0 Å². The Labute approximate surface area is 178 Å². The zero-order chi connectivity index (χ0) is 22.4. The molecule has 7 nitrogen and oxygen atoms in total. The molecule has 0 aromatic rings. The fourth-order valence-corrected chi connectivity index (χ4v) is 4.43. The lowest BCUT2D eigenvalue weighted by Gasteiger charge is -2.13. The van der Waals surface area contributed by atoms with E-state index in [4.69, 9.17) is 10.2 Å². The Morgan fingerprint density at radius 1 is 0.966 bits per heavy atom. The van der Waals surface area contributed by atoms with Crippen molar-refractivity contribution in [2.75, 3.05) is 17.3 Å². The first-order chi connectivity index (χ1) is 13.4. The van der Waals surface area contributed by atoms with Crippen molar-refractivity contribution >= 4 is 33.7 Å². The number of sulfonamides is 1. The molecule has 0 rings (SSSR count). The summed E-state index contributed by atoms with van der Waals surface area (Å²) in [6.07, 6.45) is 10.4. The molecule has 0 heterocycles. The summed E-state index contributed by atoms with van der Waals surface area (Å²) in [5.74, 6) is -3.45. The van der Waals surface area contributed by atoms with E-state index >= 15 is 0 Å². The molecule has 0 aliphatic carbocycles. The van der Waals surface area contributed by atoms with Gasteiger partial charge >= 0.3 is 11.9 Å². The van der Waals surface area contributed by atoms with E-state index in [-0.39, 0.29) is 5.75 Å². The smallest absolute Gasteiger partial charge is 0.322 e. The highest BCUT2D eigenvalue weighted by Crippen LogP contribution is 2.13. The second-order valence-corrected chi connectivity index (χ2v) is 9.99. The van der Waals surface area contributed by atoms with Crippen LogP contribution >= 0.6 is 11.8 Å². The highest BCUT2D eigenvalue weighted by molar-refractivity contribution is 7.99. The minimum atomic E-state index is -4.18. The Kier molecular flexibility index (Phi) is 13.6. The Bertz CT molecular complexity index is 734. The van der Waals surface area contributed by atoms with Gasteiger partial charge in [0.25, 0.3) is 0 Å². The van der Waals surface area contributed by atoms with Crippen LogP contribution in [0.3, 0.4) is 0 Å².